The summed E-state index contributed by atoms with van der Waals surface area (Å²) in [6.07, 6.45) is 0.646. The first-order valence-corrected chi connectivity index (χ1v) is 4.93. The van der Waals surface area contributed by atoms with E-state index in [1.807, 2.05) is 6.92 Å². The molecule has 80 valence electrons. The molecule has 0 amide bonds. The Morgan fingerprint density at radius 3 is 2.46 bits per heavy atom. The molecule has 0 heterocycles. The molecule has 0 saturated heterocycles. The van der Waals surface area contributed by atoms with Crippen molar-refractivity contribution in [2.24, 2.45) is 0 Å². The van der Waals surface area contributed by atoms with E-state index in [2.05, 4.69) is 10.6 Å². The van der Waals surface area contributed by atoms with Crippen molar-refractivity contribution < 1.29 is 10.2 Å². The molecule has 0 radical (unpaired) electrons. The van der Waals surface area contributed by atoms with Crippen molar-refractivity contribution >= 4 is 0 Å². The number of aliphatic hydroxyl groups is 2. The molecule has 0 unspecified atom stereocenters. The average molecular weight is 190 g/mol. The molecular weight excluding hydrogens is 168 g/mol. The van der Waals surface area contributed by atoms with Gasteiger partial charge in [0.25, 0.3) is 0 Å². The number of rotatable bonds is 8. The van der Waals surface area contributed by atoms with Gasteiger partial charge in [-0.05, 0) is 13.3 Å². The molecule has 0 aliphatic rings. The van der Waals surface area contributed by atoms with Gasteiger partial charge in [-0.25, -0.2) is 0 Å². The van der Waals surface area contributed by atoms with Crippen LogP contribution in [-0.2, 0) is 0 Å². The SMILES string of the molecule is CC[C@@H](CO)NCCNC[C@H](C)O. The van der Waals surface area contributed by atoms with E-state index in [1.54, 1.807) is 6.92 Å². The van der Waals surface area contributed by atoms with Gasteiger partial charge < -0.3 is 20.8 Å². The van der Waals surface area contributed by atoms with E-state index in [0.717, 1.165) is 19.5 Å². The lowest BCUT2D eigenvalue weighted by Gasteiger charge is -2.14. The minimum Gasteiger partial charge on any atom is -0.395 e. The van der Waals surface area contributed by atoms with Crippen LogP contribution < -0.4 is 10.6 Å². The van der Waals surface area contributed by atoms with Gasteiger partial charge in [0, 0.05) is 25.7 Å². The standard InChI is InChI=1S/C9H22N2O2/c1-3-9(7-12)11-5-4-10-6-8(2)13/h8-13H,3-7H2,1-2H3/t8-,9-/m0/s1. The highest BCUT2D eigenvalue weighted by Gasteiger charge is 2.01. The van der Waals surface area contributed by atoms with Gasteiger partial charge in [0.15, 0.2) is 0 Å². The summed E-state index contributed by atoms with van der Waals surface area (Å²) in [5.74, 6) is 0. The van der Waals surface area contributed by atoms with E-state index in [1.165, 1.54) is 0 Å². The van der Waals surface area contributed by atoms with E-state index in [0.29, 0.717) is 6.54 Å². The Morgan fingerprint density at radius 2 is 2.00 bits per heavy atom. The number of hydrogen-bond donors (Lipinski definition) is 4. The molecule has 0 aromatic rings. The largest absolute Gasteiger partial charge is 0.395 e. The minimum atomic E-state index is -0.292. The Labute approximate surface area is 80.3 Å². The average Bonchev–Trinajstić information content (AvgIpc) is 2.11. The molecular formula is C9H22N2O2. The van der Waals surface area contributed by atoms with Crippen LogP contribution >= 0.6 is 0 Å². The maximum absolute atomic E-state index is 8.93. The Balaban J connectivity index is 3.14. The van der Waals surface area contributed by atoms with Crippen LogP contribution in [0.25, 0.3) is 0 Å². The second kappa shape index (κ2) is 8.44. The van der Waals surface area contributed by atoms with Crippen molar-refractivity contribution in [3.8, 4) is 0 Å². The summed E-state index contributed by atoms with van der Waals surface area (Å²) in [6, 6.07) is 0.202. The first kappa shape index (κ1) is 12.8. The van der Waals surface area contributed by atoms with E-state index < -0.39 is 0 Å². The van der Waals surface area contributed by atoms with Gasteiger partial charge in [-0.1, -0.05) is 6.92 Å². The molecule has 2 atom stereocenters. The van der Waals surface area contributed by atoms with Gasteiger partial charge in [0.05, 0.1) is 12.7 Å². The third kappa shape index (κ3) is 8.18. The Morgan fingerprint density at radius 1 is 1.31 bits per heavy atom. The molecule has 0 fully saturated rings. The first-order valence-electron chi connectivity index (χ1n) is 4.93. The highest BCUT2D eigenvalue weighted by Crippen LogP contribution is 1.86. The van der Waals surface area contributed by atoms with Gasteiger partial charge in [0.1, 0.15) is 0 Å². The number of aliphatic hydroxyl groups excluding tert-OH is 2. The van der Waals surface area contributed by atoms with Gasteiger partial charge in [-0.2, -0.15) is 0 Å². The Hall–Kier alpha value is -0.160. The van der Waals surface area contributed by atoms with E-state index >= 15 is 0 Å². The highest BCUT2D eigenvalue weighted by molar-refractivity contribution is 4.63. The third-order valence-corrected chi connectivity index (χ3v) is 1.89. The lowest BCUT2D eigenvalue weighted by atomic mass is 10.2. The predicted molar refractivity (Wildman–Crippen MR) is 53.7 cm³/mol. The first-order chi connectivity index (χ1) is 6.20. The molecule has 0 bridgehead atoms. The zero-order chi connectivity index (χ0) is 10.1. The van der Waals surface area contributed by atoms with Gasteiger partial charge >= 0.3 is 0 Å². The van der Waals surface area contributed by atoms with Crippen molar-refractivity contribution in [1.29, 1.82) is 0 Å². The van der Waals surface area contributed by atoms with Crippen LogP contribution in [0.1, 0.15) is 20.3 Å². The van der Waals surface area contributed by atoms with Crippen LogP contribution in [0.3, 0.4) is 0 Å². The van der Waals surface area contributed by atoms with E-state index in [9.17, 15) is 0 Å². The van der Waals surface area contributed by atoms with Crippen LogP contribution in [-0.4, -0.2) is 48.6 Å². The molecule has 0 saturated carbocycles. The summed E-state index contributed by atoms with van der Waals surface area (Å²) >= 11 is 0. The maximum atomic E-state index is 8.93. The summed E-state index contributed by atoms with van der Waals surface area (Å²) in [7, 11) is 0. The smallest absolute Gasteiger partial charge is 0.0636 e. The lowest BCUT2D eigenvalue weighted by molar-refractivity contribution is 0.190. The molecule has 4 N–H and O–H groups in total. The van der Waals surface area contributed by atoms with Gasteiger partial charge in [-0.15, -0.1) is 0 Å². The van der Waals surface area contributed by atoms with Crippen molar-refractivity contribution in [2.75, 3.05) is 26.2 Å². The fraction of sp³-hybridized carbons (Fsp3) is 1.00. The highest BCUT2D eigenvalue weighted by atomic mass is 16.3. The Bertz CT molecular complexity index is 106. The summed E-state index contributed by atoms with van der Waals surface area (Å²) in [6.45, 7) is 6.25. The molecule has 0 aliphatic heterocycles. The normalized spacial score (nSPS) is 15.7. The lowest BCUT2D eigenvalue weighted by Crippen LogP contribution is -2.38. The molecule has 0 aromatic carbocycles. The van der Waals surface area contributed by atoms with Gasteiger partial charge in [-0.3, -0.25) is 0 Å². The van der Waals surface area contributed by atoms with Gasteiger partial charge in [0.2, 0.25) is 0 Å². The van der Waals surface area contributed by atoms with Crippen LogP contribution in [0.5, 0.6) is 0 Å². The monoisotopic (exact) mass is 190 g/mol. The fourth-order valence-corrected chi connectivity index (χ4v) is 1.01. The molecule has 0 spiro atoms. The summed E-state index contributed by atoms with van der Waals surface area (Å²) < 4.78 is 0. The molecule has 4 heteroatoms. The minimum absolute atomic E-state index is 0.187. The van der Waals surface area contributed by atoms with Crippen LogP contribution in [0.2, 0.25) is 0 Å². The topological polar surface area (TPSA) is 64.5 Å². The van der Waals surface area contributed by atoms with E-state index in [4.69, 9.17) is 10.2 Å². The van der Waals surface area contributed by atoms with Crippen LogP contribution in [0.15, 0.2) is 0 Å². The molecule has 0 aliphatic carbocycles. The van der Waals surface area contributed by atoms with Crippen molar-refractivity contribution in [2.45, 2.75) is 32.4 Å². The summed E-state index contributed by atoms with van der Waals surface area (Å²) in [4.78, 5) is 0. The van der Waals surface area contributed by atoms with Crippen LogP contribution in [0, 0.1) is 0 Å². The molecule has 0 aromatic heterocycles. The summed E-state index contributed by atoms with van der Waals surface area (Å²) in [5.41, 5.74) is 0. The third-order valence-electron chi connectivity index (χ3n) is 1.89. The molecule has 4 nitrogen and oxygen atoms in total. The predicted octanol–water partition coefficient (Wildman–Crippen LogP) is -0.683. The second-order valence-electron chi connectivity index (χ2n) is 3.30. The van der Waals surface area contributed by atoms with Crippen LogP contribution in [0.4, 0.5) is 0 Å². The zero-order valence-corrected chi connectivity index (χ0v) is 8.58. The Kier molecular flexibility index (Phi) is 8.33. The zero-order valence-electron chi connectivity index (χ0n) is 8.58. The van der Waals surface area contributed by atoms with Crippen molar-refractivity contribution in [3.05, 3.63) is 0 Å². The second-order valence-corrected chi connectivity index (χ2v) is 3.30. The fourth-order valence-electron chi connectivity index (χ4n) is 1.01. The van der Waals surface area contributed by atoms with Crippen molar-refractivity contribution in [1.82, 2.24) is 10.6 Å². The number of nitrogens with one attached hydrogen (secondary N) is 2. The van der Waals surface area contributed by atoms with E-state index in [-0.39, 0.29) is 18.8 Å². The maximum Gasteiger partial charge on any atom is 0.0636 e. The quantitative estimate of drug-likeness (QED) is 0.383. The summed E-state index contributed by atoms with van der Waals surface area (Å²) in [5, 5.41) is 24.1. The van der Waals surface area contributed by atoms with Crippen molar-refractivity contribution in [3.63, 3.8) is 0 Å². The molecule has 0 rings (SSSR count). The number of hydrogen-bond acceptors (Lipinski definition) is 4. The molecule has 13 heavy (non-hydrogen) atoms.